The summed E-state index contributed by atoms with van der Waals surface area (Å²) in [6, 6.07) is 12.3. The van der Waals surface area contributed by atoms with Crippen molar-refractivity contribution in [2.75, 3.05) is 32.2 Å². The van der Waals surface area contributed by atoms with Crippen molar-refractivity contribution in [3.8, 4) is 22.9 Å². The molecular formula is C24H28N4O3. The SMILES string of the molecule is COc1cc(OC)c2cnc(-c3ccc(N4CC(C)N(C(C)=O)C(C)C4)cc3)nc2c1. The molecule has 7 heteroatoms. The van der Waals surface area contributed by atoms with Crippen LogP contribution >= 0.6 is 0 Å². The number of ether oxygens (including phenoxy) is 2. The number of methoxy groups -OCH3 is 2. The first-order chi connectivity index (χ1) is 14.9. The molecule has 31 heavy (non-hydrogen) atoms. The second-order valence-corrected chi connectivity index (χ2v) is 8.03. The zero-order chi connectivity index (χ0) is 22.1. The van der Waals surface area contributed by atoms with Gasteiger partial charge in [-0.15, -0.1) is 0 Å². The number of piperazine rings is 1. The first-order valence-electron chi connectivity index (χ1n) is 10.4. The van der Waals surface area contributed by atoms with E-state index in [1.54, 1.807) is 27.3 Å². The third-order valence-electron chi connectivity index (χ3n) is 5.86. The van der Waals surface area contributed by atoms with Crippen LogP contribution in [0.1, 0.15) is 20.8 Å². The van der Waals surface area contributed by atoms with E-state index in [0.717, 1.165) is 35.2 Å². The zero-order valence-corrected chi connectivity index (χ0v) is 18.6. The van der Waals surface area contributed by atoms with Crippen molar-refractivity contribution in [1.82, 2.24) is 14.9 Å². The smallest absolute Gasteiger partial charge is 0.220 e. The Morgan fingerprint density at radius 2 is 1.71 bits per heavy atom. The summed E-state index contributed by atoms with van der Waals surface area (Å²) in [5.74, 6) is 2.16. The van der Waals surface area contributed by atoms with Crippen LogP contribution < -0.4 is 14.4 Å². The standard InChI is InChI=1S/C24H28N4O3/c1-15-13-27(14-16(2)28(15)17(3)29)19-8-6-18(7-9-19)24-25-12-21-22(26-24)10-20(30-4)11-23(21)31-5/h6-12,15-16H,13-14H2,1-5H3. The third kappa shape index (κ3) is 4.00. The van der Waals surface area contributed by atoms with Crippen LogP contribution in [0, 0.1) is 0 Å². The fraction of sp³-hybridized carbons (Fsp3) is 0.375. The Hall–Kier alpha value is -3.35. The van der Waals surface area contributed by atoms with E-state index in [1.165, 1.54) is 0 Å². The van der Waals surface area contributed by atoms with Gasteiger partial charge in [0.05, 0.1) is 25.1 Å². The van der Waals surface area contributed by atoms with E-state index in [-0.39, 0.29) is 18.0 Å². The van der Waals surface area contributed by atoms with Gasteiger partial charge in [-0.05, 0) is 38.1 Å². The fourth-order valence-corrected chi connectivity index (χ4v) is 4.48. The van der Waals surface area contributed by atoms with Crippen LogP contribution in [-0.2, 0) is 4.79 Å². The number of carbonyl (C=O) groups excluding carboxylic acids is 1. The van der Waals surface area contributed by atoms with Crippen LogP contribution in [0.15, 0.2) is 42.6 Å². The van der Waals surface area contributed by atoms with E-state index >= 15 is 0 Å². The summed E-state index contributed by atoms with van der Waals surface area (Å²) < 4.78 is 10.8. The Morgan fingerprint density at radius 1 is 1.03 bits per heavy atom. The lowest BCUT2D eigenvalue weighted by molar-refractivity contribution is -0.133. The van der Waals surface area contributed by atoms with Gasteiger partial charge in [0, 0.05) is 61.7 Å². The second-order valence-electron chi connectivity index (χ2n) is 8.03. The summed E-state index contributed by atoms with van der Waals surface area (Å²) in [4.78, 5) is 25.5. The number of anilines is 1. The van der Waals surface area contributed by atoms with Crippen molar-refractivity contribution in [2.24, 2.45) is 0 Å². The first-order valence-corrected chi connectivity index (χ1v) is 10.4. The molecule has 0 radical (unpaired) electrons. The maximum Gasteiger partial charge on any atom is 0.220 e. The van der Waals surface area contributed by atoms with Gasteiger partial charge in [0.25, 0.3) is 0 Å². The lowest BCUT2D eigenvalue weighted by atomic mass is 10.1. The van der Waals surface area contributed by atoms with Gasteiger partial charge < -0.3 is 19.3 Å². The fourth-order valence-electron chi connectivity index (χ4n) is 4.48. The maximum atomic E-state index is 11.9. The molecule has 2 atom stereocenters. The molecule has 1 aliphatic heterocycles. The van der Waals surface area contributed by atoms with Gasteiger partial charge in [0.1, 0.15) is 11.5 Å². The van der Waals surface area contributed by atoms with Gasteiger partial charge in [-0.25, -0.2) is 9.97 Å². The minimum atomic E-state index is 0.136. The van der Waals surface area contributed by atoms with Gasteiger partial charge in [0.15, 0.2) is 5.82 Å². The average molecular weight is 421 g/mol. The van der Waals surface area contributed by atoms with Gasteiger partial charge in [-0.3, -0.25) is 4.79 Å². The molecule has 1 amide bonds. The molecule has 0 bridgehead atoms. The predicted octanol–water partition coefficient (Wildman–Crippen LogP) is 3.76. The topological polar surface area (TPSA) is 67.8 Å². The number of rotatable bonds is 4. The lowest BCUT2D eigenvalue weighted by Crippen LogP contribution is -2.58. The van der Waals surface area contributed by atoms with Crippen molar-refractivity contribution in [1.29, 1.82) is 0 Å². The Labute approximate surface area is 182 Å². The largest absolute Gasteiger partial charge is 0.497 e. The van der Waals surface area contributed by atoms with E-state index < -0.39 is 0 Å². The number of fused-ring (bicyclic) bond motifs is 1. The molecule has 162 valence electrons. The number of amides is 1. The highest BCUT2D eigenvalue weighted by Crippen LogP contribution is 2.31. The van der Waals surface area contributed by atoms with Crippen molar-refractivity contribution >= 4 is 22.5 Å². The second kappa shape index (κ2) is 8.41. The molecular weight excluding hydrogens is 392 g/mol. The molecule has 2 heterocycles. The number of benzene rings is 2. The molecule has 1 fully saturated rings. The summed E-state index contributed by atoms with van der Waals surface area (Å²) in [5, 5.41) is 0.843. The number of aromatic nitrogens is 2. The molecule has 3 aromatic rings. The van der Waals surface area contributed by atoms with Crippen molar-refractivity contribution in [3.05, 3.63) is 42.6 Å². The summed E-state index contributed by atoms with van der Waals surface area (Å²) in [6.07, 6.45) is 1.79. The molecule has 4 rings (SSSR count). The first kappa shape index (κ1) is 20.9. The predicted molar refractivity (Wildman–Crippen MR) is 122 cm³/mol. The molecule has 1 saturated heterocycles. The third-order valence-corrected chi connectivity index (χ3v) is 5.86. The van der Waals surface area contributed by atoms with Crippen molar-refractivity contribution < 1.29 is 14.3 Å². The van der Waals surface area contributed by atoms with Crippen molar-refractivity contribution in [2.45, 2.75) is 32.9 Å². The van der Waals surface area contributed by atoms with E-state index in [2.05, 4.69) is 35.9 Å². The average Bonchev–Trinajstić information content (AvgIpc) is 2.77. The molecule has 2 aromatic carbocycles. The number of nitrogens with zero attached hydrogens (tertiary/aromatic N) is 4. The van der Waals surface area contributed by atoms with Gasteiger partial charge in [-0.1, -0.05) is 0 Å². The highest BCUT2D eigenvalue weighted by atomic mass is 16.5. The quantitative estimate of drug-likeness (QED) is 0.640. The zero-order valence-electron chi connectivity index (χ0n) is 18.6. The molecule has 0 aliphatic carbocycles. The number of hydrogen-bond acceptors (Lipinski definition) is 6. The Balaban J connectivity index is 1.60. The Morgan fingerprint density at radius 3 is 2.29 bits per heavy atom. The van der Waals surface area contributed by atoms with Crippen LogP contribution in [0.2, 0.25) is 0 Å². The summed E-state index contributed by atoms with van der Waals surface area (Å²) in [5.41, 5.74) is 2.85. The maximum absolute atomic E-state index is 11.9. The van der Waals surface area contributed by atoms with Crippen molar-refractivity contribution in [3.63, 3.8) is 0 Å². The Kier molecular flexibility index (Phi) is 5.67. The van der Waals surface area contributed by atoms with Crippen LogP contribution in [0.4, 0.5) is 5.69 Å². The minimum Gasteiger partial charge on any atom is -0.497 e. The molecule has 1 aliphatic rings. The molecule has 0 spiro atoms. The summed E-state index contributed by atoms with van der Waals surface area (Å²) in [6.45, 7) is 7.48. The Bertz CT molecular complexity index is 1090. The molecule has 0 saturated carbocycles. The minimum absolute atomic E-state index is 0.136. The molecule has 7 nitrogen and oxygen atoms in total. The van der Waals surface area contributed by atoms with E-state index in [1.807, 2.05) is 29.2 Å². The summed E-state index contributed by atoms with van der Waals surface area (Å²) >= 11 is 0. The monoisotopic (exact) mass is 420 g/mol. The van der Waals surface area contributed by atoms with Gasteiger partial charge in [-0.2, -0.15) is 0 Å². The highest BCUT2D eigenvalue weighted by Gasteiger charge is 2.31. The normalized spacial score (nSPS) is 18.9. The van der Waals surface area contributed by atoms with Crippen LogP contribution in [0.5, 0.6) is 11.5 Å². The molecule has 2 unspecified atom stereocenters. The van der Waals surface area contributed by atoms with Crippen LogP contribution in [0.3, 0.4) is 0 Å². The molecule has 1 aromatic heterocycles. The van der Waals surface area contributed by atoms with Gasteiger partial charge in [0.2, 0.25) is 5.91 Å². The molecule has 0 N–H and O–H groups in total. The number of carbonyl (C=O) groups is 1. The van der Waals surface area contributed by atoms with Crippen LogP contribution in [-0.4, -0.2) is 60.2 Å². The lowest BCUT2D eigenvalue weighted by Gasteiger charge is -2.45. The highest BCUT2D eigenvalue weighted by molar-refractivity contribution is 5.87. The number of hydrogen-bond donors (Lipinski definition) is 0. The van der Waals surface area contributed by atoms with E-state index in [9.17, 15) is 4.79 Å². The van der Waals surface area contributed by atoms with E-state index in [4.69, 9.17) is 14.5 Å². The van der Waals surface area contributed by atoms with Gasteiger partial charge >= 0.3 is 0 Å². The van der Waals surface area contributed by atoms with E-state index in [0.29, 0.717) is 17.3 Å². The van der Waals surface area contributed by atoms with Crippen LogP contribution in [0.25, 0.3) is 22.3 Å². The summed E-state index contributed by atoms with van der Waals surface area (Å²) in [7, 11) is 3.25.